The van der Waals surface area contributed by atoms with Crippen molar-refractivity contribution in [3.8, 4) is 0 Å². The minimum absolute atomic E-state index is 0.130. The summed E-state index contributed by atoms with van der Waals surface area (Å²) in [4.78, 5) is 22.9. The van der Waals surface area contributed by atoms with Gasteiger partial charge in [0.1, 0.15) is 0 Å². The van der Waals surface area contributed by atoms with Gasteiger partial charge in [0.05, 0.1) is 12.5 Å². The monoisotopic (exact) mass is 290 g/mol. The molecular weight excluding hydrogens is 268 g/mol. The number of nitrogens with one attached hydrogen (secondary N) is 2. The summed E-state index contributed by atoms with van der Waals surface area (Å²) in [6.07, 6.45) is 3.34. The predicted molar refractivity (Wildman–Crippen MR) is 79.9 cm³/mol. The Kier molecular flexibility index (Phi) is 4.83. The van der Waals surface area contributed by atoms with Gasteiger partial charge in [-0.25, -0.2) is 4.79 Å². The van der Waals surface area contributed by atoms with Crippen molar-refractivity contribution >= 4 is 12.0 Å². The molecule has 1 aliphatic rings. The molecule has 114 valence electrons. The molecule has 2 rings (SSSR count). The van der Waals surface area contributed by atoms with Crippen LogP contribution in [0.4, 0.5) is 4.79 Å². The zero-order valence-corrected chi connectivity index (χ0v) is 12.3. The summed E-state index contributed by atoms with van der Waals surface area (Å²) >= 11 is 0. The molecular formula is C16H22N2O3. The van der Waals surface area contributed by atoms with Gasteiger partial charge >= 0.3 is 12.0 Å². The number of benzene rings is 1. The van der Waals surface area contributed by atoms with E-state index in [1.807, 2.05) is 30.3 Å². The minimum atomic E-state index is -0.935. The number of hydrogen-bond acceptors (Lipinski definition) is 2. The van der Waals surface area contributed by atoms with Crippen LogP contribution in [0, 0.1) is 5.41 Å². The van der Waals surface area contributed by atoms with E-state index in [4.69, 9.17) is 5.11 Å². The summed E-state index contributed by atoms with van der Waals surface area (Å²) in [6, 6.07) is 8.34. The average molecular weight is 290 g/mol. The van der Waals surface area contributed by atoms with Crippen LogP contribution in [0.3, 0.4) is 0 Å². The normalized spacial score (nSPS) is 17.4. The lowest BCUT2D eigenvalue weighted by Crippen LogP contribution is -2.45. The van der Waals surface area contributed by atoms with Crippen LogP contribution in [0.2, 0.25) is 0 Å². The standard InChI is InChI=1S/C16H22N2O3/c1-16(8-5-9-16)11-17-15(21)18-13(10-14(19)20)12-6-3-2-4-7-12/h2-4,6-7,13H,5,8-11H2,1H3,(H,19,20)(H2,17,18,21). The fourth-order valence-electron chi connectivity index (χ4n) is 2.57. The van der Waals surface area contributed by atoms with Gasteiger partial charge in [-0.1, -0.05) is 43.7 Å². The molecule has 0 aromatic heterocycles. The molecule has 1 aliphatic carbocycles. The summed E-state index contributed by atoms with van der Waals surface area (Å²) in [7, 11) is 0. The molecule has 1 aromatic carbocycles. The van der Waals surface area contributed by atoms with E-state index < -0.39 is 12.0 Å². The van der Waals surface area contributed by atoms with Crippen molar-refractivity contribution in [1.29, 1.82) is 0 Å². The maximum Gasteiger partial charge on any atom is 0.315 e. The van der Waals surface area contributed by atoms with Crippen molar-refractivity contribution in [2.24, 2.45) is 5.41 Å². The Morgan fingerprint density at radius 2 is 1.95 bits per heavy atom. The molecule has 1 saturated carbocycles. The predicted octanol–water partition coefficient (Wildman–Crippen LogP) is 2.69. The first-order valence-corrected chi connectivity index (χ1v) is 7.30. The Hall–Kier alpha value is -2.04. The lowest BCUT2D eigenvalue weighted by atomic mass is 9.70. The molecule has 0 saturated heterocycles. The van der Waals surface area contributed by atoms with E-state index in [-0.39, 0.29) is 17.9 Å². The molecule has 5 heteroatoms. The molecule has 21 heavy (non-hydrogen) atoms. The summed E-state index contributed by atoms with van der Waals surface area (Å²) in [6.45, 7) is 2.79. The van der Waals surface area contributed by atoms with Gasteiger partial charge in [0, 0.05) is 6.54 Å². The van der Waals surface area contributed by atoms with Crippen molar-refractivity contribution in [2.45, 2.75) is 38.6 Å². The zero-order chi connectivity index (χ0) is 15.3. The van der Waals surface area contributed by atoms with E-state index in [0.29, 0.717) is 6.54 Å². The van der Waals surface area contributed by atoms with Gasteiger partial charge in [0.2, 0.25) is 0 Å². The van der Waals surface area contributed by atoms with Crippen LogP contribution in [-0.2, 0) is 4.79 Å². The van der Waals surface area contributed by atoms with Crippen LogP contribution in [0.15, 0.2) is 30.3 Å². The Labute approximate surface area is 124 Å². The van der Waals surface area contributed by atoms with Crippen molar-refractivity contribution < 1.29 is 14.7 Å². The highest BCUT2D eigenvalue weighted by Crippen LogP contribution is 2.39. The number of amides is 2. The van der Waals surface area contributed by atoms with Gasteiger partial charge < -0.3 is 15.7 Å². The average Bonchev–Trinajstić information content (AvgIpc) is 2.43. The number of hydrogen-bond donors (Lipinski definition) is 3. The van der Waals surface area contributed by atoms with Crippen molar-refractivity contribution in [1.82, 2.24) is 10.6 Å². The fourth-order valence-corrected chi connectivity index (χ4v) is 2.57. The lowest BCUT2D eigenvalue weighted by Gasteiger charge is -2.38. The van der Waals surface area contributed by atoms with Gasteiger partial charge in [-0.15, -0.1) is 0 Å². The molecule has 5 nitrogen and oxygen atoms in total. The molecule has 3 N–H and O–H groups in total. The Balaban J connectivity index is 1.91. The maximum absolute atomic E-state index is 12.0. The van der Waals surface area contributed by atoms with Gasteiger partial charge in [0.25, 0.3) is 0 Å². The van der Waals surface area contributed by atoms with E-state index >= 15 is 0 Å². The van der Waals surface area contributed by atoms with E-state index in [9.17, 15) is 9.59 Å². The third-order valence-corrected chi connectivity index (χ3v) is 4.12. The third kappa shape index (κ3) is 4.48. The SMILES string of the molecule is CC1(CNC(=O)NC(CC(=O)O)c2ccccc2)CCC1. The number of carboxylic acid groups (broad SMARTS) is 1. The highest BCUT2D eigenvalue weighted by molar-refractivity contribution is 5.76. The molecule has 1 aromatic rings. The molecule has 1 unspecified atom stereocenters. The third-order valence-electron chi connectivity index (χ3n) is 4.12. The van der Waals surface area contributed by atoms with Gasteiger partial charge in [-0.3, -0.25) is 4.79 Å². The number of rotatable bonds is 6. The van der Waals surface area contributed by atoms with Crippen LogP contribution in [0.25, 0.3) is 0 Å². The Morgan fingerprint density at radius 3 is 2.48 bits per heavy atom. The lowest BCUT2D eigenvalue weighted by molar-refractivity contribution is -0.137. The van der Waals surface area contributed by atoms with Gasteiger partial charge in [-0.2, -0.15) is 0 Å². The highest BCUT2D eigenvalue weighted by atomic mass is 16.4. The molecule has 1 fully saturated rings. The summed E-state index contributed by atoms with van der Waals surface area (Å²) < 4.78 is 0. The van der Waals surface area contributed by atoms with Crippen LogP contribution in [-0.4, -0.2) is 23.7 Å². The molecule has 1 atom stereocenters. The number of carbonyl (C=O) groups is 2. The van der Waals surface area contributed by atoms with Crippen molar-refractivity contribution in [2.75, 3.05) is 6.54 Å². The summed E-state index contributed by atoms with van der Waals surface area (Å²) in [5.41, 5.74) is 0.997. The summed E-state index contributed by atoms with van der Waals surface area (Å²) in [5.74, 6) is -0.935. The molecule has 0 spiro atoms. The quantitative estimate of drug-likeness (QED) is 0.753. The molecule has 0 bridgehead atoms. The number of urea groups is 1. The minimum Gasteiger partial charge on any atom is -0.481 e. The Morgan fingerprint density at radius 1 is 1.29 bits per heavy atom. The second-order valence-corrected chi connectivity index (χ2v) is 6.05. The number of carbonyl (C=O) groups excluding carboxylic acids is 1. The van der Waals surface area contributed by atoms with Crippen LogP contribution >= 0.6 is 0 Å². The highest BCUT2D eigenvalue weighted by Gasteiger charge is 2.32. The first kappa shape index (κ1) is 15.4. The Bertz CT molecular complexity index is 498. The van der Waals surface area contributed by atoms with E-state index in [0.717, 1.165) is 18.4 Å². The smallest absolute Gasteiger partial charge is 0.315 e. The van der Waals surface area contributed by atoms with Gasteiger partial charge in [0.15, 0.2) is 0 Å². The van der Waals surface area contributed by atoms with Crippen molar-refractivity contribution in [3.63, 3.8) is 0 Å². The molecule has 0 heterocycles. The second kappa shape index (κ2) is 6.61. The molecule has 0 radical (unpaired) electrons. The van der Waals surface area contributed by atoms with Gasteiger partial charge in [-0.05, 0) is 23.8 Å². The first-order valence-electron chi connectivity index (χ1n) is 7.30. The van der Waals surface area contributed by atoms with E-state index in [1.165, 1.54) is 6.42 Å². The molecule has 0 aliphatic heterocycles. The topological polar surface area (TPSA) is 78.4 Å². The van der Waals surface area contributed by atoms with Crippen LogP contribution < -0.4 is 10.6 Å². The fraction of sp³-hybridized carbons (Fsp3) is 0.500. The summed E-state index contributed by atoms with van der Waals surface area (Å²) in [5, 5.41) is 14.6. The second-order valence-electron chi connectivity index (χ2n) is 6.05. The zero-order valence-electron chi connectivity index (χ0n) is 12.3. The van der Waals surface area contributed by atoms with E-state index in [2.05, 4.69) is 17.6 Å². The first-order chi connectivity index (χ1) is 9.98. The van der Waals surface area contributed by atoms with E-state index in [1.54, 1.807) is 0 Å². The number of aliphatic carboxylic acids is 1. The number of carboxylic acids is 1. The molecule has 2 amide bonds. The largest absolute Gasteiger partial charge is 0.481 e. The van der Waals surface area contributed by atoms with Crippen LogP contribution in [0.5, 0.6) is 0 Å². The van der Waals surface area contributed by atoms with Crippen LogP contribution in [0.1, 0.15) is 44.2 Å². The van der Waals surface area contributed by atoms with Crippen molar-refractivity contribution in [3.05, 3.63) is 35.9 Å². The maximum atomic E-state index is 12.0.